The van der Waals surface area contributed by atoms with Crippen molar-refractivity contribution in [3.8, 4) is 5.75 Å². The van der Waals surface area contributed by atoms with Crippen molar-refractivity contribution < 1.29 is 9.53 Å². The first-order valence-electron chi connectivity index (χ1n) is 13.5. The van der Waals surface area contributed by atoms with Crippen molar-refractivity contribution in [1.29, 1.82) is 0 Å². The zero-order valence-corrected chi connectivity index (χ0v) is 22.2. The second kappa shape index (κ2) is 15.5. The molecule has 0 atom stereocenters. The first kappa shape index (κ1) is 28.7. The number of hydrogen-bond acceptors (Lipinski definition) is 2. The molecule has 0 aromatic heterocycles. The third kappa shape index (κ3) is 14.0. The van der Waals surface area contributed by atoms with Crippen LogP contribution in [0, 0.1) is 5.41 Å². The first-order chi connectivity index (χ1) is 15.1. The van der Waals surface area contributed by atoms with Gasteiger partial charge in [0.05, 0.1) is 0 Å². The smallest absolute Gasteiger partial charge is 0.311 e. The van der Waals surface area contributed by atoms with Gasteiger partial charge >= 0.3 is 5.97 Å². The van der Waals surface area contributed by atoms with Gasteiger partial charge in [-0.2, -0.15) is 0 Å². The lowest BCUT2D eigenvalue weighted by Gasteiger charge is -2.33. The molecule has 1 aromatic carbocycles. The molecule has 0 amide bonds. The zero-order valence-electron chi connectivity index (χ0n) is 22.2. The normalized spacial score (nSPS) is 12.2. The summed E-state index contributed by atoms with van der Waals surface area (Å²) in [5.74, 6) is 0.565. The average Bonchev–Trinajstić information content (AvgIpc) is 2.70. The molecular formula is C30H52O2. The Bertz CT molecular complexity index is 607. The minimum Gasteiger partial charge on any atom is -0.427 e. The fourth-order valence-electron chi connectivity index (χ4n) is 4.87. The van der Waals surface area contributed by atoms with Crippen LogP contribution in [-0.4, -0.2) is 5.97 Å². The van der Waals surface area contributed by atoms with E-state index in [1.807, 2.05) is 12.1 Å². The van der Waals surface area contributed by atoms with Gasteiger partial charge in [-0.3, -0.25) is 4.79 Å². The summed E-state index contributed by atoms with van der Waals surface area (Å²) in [6.07, 6.45) is 18.7. The monoisotopic (exact) mass is 444 g/mol. The van der Waals surface area contributed by atoms with Gasteiger partial charge < -0.3 is 4.74 Å². The standard InChI is InChI=1S/C30H52O2/c1-7-8-9-10-11-12-13-14-15-16-17-18-19-20-28(31)32-27-23-21-26(22-24-27)30(5,6)25-29(2,3)4/h21-24H,7-20,25H2,1-6H3. The van der Waals surface area contributed by atoms with Crippen molar-refractivity contribution in [3.63, 3.8) is 0 Å². The maximum atomic E-state index is 12.2. The van der Waals surface area contributed by atoms with Crippen LogP contribution >= 0.6 is 0 Å². The van der Waals surface area contributed by atoms with Gasteiger partial charge in [0.1, 0.15) is 5.75 Å². The molecule has 2 heteroatoms. The summed E-state index contributed by atoms with van der Waals surface area (Å²) < 4.78 is 5.55. The average molecular weight is 445 g/mol. The molecule has 0 bridgehead atoms. The molecule has 0 unspecified atom stereocenters. The predicted molar refractivity (Wildman–Crippen MR) is 139 cm³/mol. The highest BCUT2D eigenvalue weighted by atomic mass is 16.5. The SMILES string of the molecule is CCCCCCCCCCCCCCCC(=O)Oc1ccc(C(C)(C)CC(C)(C)C)cc1. The Morgan fingerprint density at radius 3 is 1.56 bits per heavy atom. The number of esters is 1. The van der Waals surface area contributed by atoms with Gasteiger partial charge in [-0.15, -0.1) is 0 Å². The van der Waals surface area contributed by atoms with Crippen molar-refractivity contribution in [2.45, 2.75) is 143 Å². The molecule has 0 radical (unpaired) electrons. The molecule has 0 saturated carbocycles. The fourth-order valence-corrected chi connectivity index (χ4v) is 4.87. The van der Waals surface area contributed by atoms with E-state index in [4.69, 9.17) is 4.74 Å². The highest BCUT2D eigenvalue weighted by Gasteiger charge is 2.27. The van der Waals surface area contributed by atoms with Crippen LogP contribution in [0.4, 0.5) is 0 Å². The molecule has 0 spiro atoms. The van der Waals surface area contributed by atoms with E-state index in [9.17, 15) is 4.79 Å². The number of rotatable bonds is 17. The Morgan fingerprint density at radius 1 is 0.688 bits per heavy atom. The van der Waals surface area contributed by atoms with Crippen LogP contribution < -0.4 is 4.74 Å². The topological polar surface area (TPSA) is 26.3 Å². The Labute approximate surface area is 199 Å². The Morgan fingerprint density at radius 2 is 1.12 bits per heavy atom. The van der Waals surface area contributed by atoms with Gasteiger partial charge in [0.15, 0.2) is 0 Å². The lowest BCUT2D eigenvalue weighted by Crippen LogP contribution is -2.24. The van der Waals surface area contributed by atoms with E-state index in [-0.39, 0.29) is 16.8 Å². The number of hydrogen-bond donors (Lipinski definition) is 0. The van der Waals surface area contributed by atoms with Crippen LogP contribution in [0.15, 0.2) is 24.3 Å². The molecule has 1 aromatic rings. The third-order valence-corrected chi connectivity index (χ3v) is 6.32. The summed E-state index contributed by atoms with van der Waals surface area (Å²) in [5.41, 5.74) is 1.68. The number of unbranched alkanes of at least 4 members (excludes halogenated alkanes) is 12. The molecule has 1 rings (SSSR count). The molecule has 32 heavy (non-hydrogen) atoms. The van der Waals surface area contributed by atoms with Crippen LogP contribution in [0.2, 0.25) is 0 Å². The quantitative estimate of drug-likeness (QED) is 0.136. The lowest BCUT2D eigenvalue weighted by molar-refractivity contribution is -0.134. The molecule has 0 fully saturated rings. The fraction of sp³-hybridized carbons (Fsp3) is 0.767. The second-order valence-corrected chi connectivity index (χ2v) is 11.6. The molecule has 184 valence electrons. The molecule has 0 aliphatic heterocycles. The van der Waals surface area contributed by atoms with E-state index in [1.165, 1.54) is 76.2 Å². The van der Waals surface area contributed by atoms with Crippen LogP contribution in [-0.2, 0) is 10.2 Å². The van der Waals surface area contributed by atoms with Crippen LogP contribution in [0.25, 0.3) is 0 Å². The van der Waals surface area contributed by atoms with Crippen molar-refractivity contribution in [1.82, 2.24) is 0 Å². The summed E-state index contributed by atoms with van der Waals surface area (Å²) in [7, 11) is 0. The summed E-state index contributed by atoms with van der Waals surface area (Å²) in [4.78, 5) is 12.2. The molecule has 0 aliphatic rings. The number of carbonyl (C=O) groups is 1. The van der Waals surface area contributed by atoms with E-state index in [2.05, 4.69) is 53.7 Å². The van der Waals surface area contributed by atoms with Gasteiger partial charge in [-0.1, -0.05) is 131 Å². The third-order valence-electron chi connectivity index (χ3n) is 6.32. The Balaban J connectivity index is 2.11. The van der Waals surface area contributed by atoms with E-state index in [0.29, 0.717) is 12.2 Å². The maximum absolute atomic E-state index is 12.2. The number of carbonyl (C=O) groups excluding carboxylic acids is 1. The van der Waals surface area contributed by atoms with Crippen LogP contribution in [0.5, 0.6) is 5.75 Å². The summed E-state index contributed by atoms with van der Waals surface area (Å²) in [6, 6.07) is 8.11. The van der Waals surface area contributed by atoms with Crippen molar-refractivity contribution in [2.75, 3.05) is 0 Å². The van der Waals surface area contributed by atoms with E-state index >= 15 is 0 Å². The molecule has 2 nitrogen and oxygen atoms in total. The van der Waals surface area contributed by atoms with Crippen molar-refractivity contribution in [2.24, 2.45) is 5.41 Å². The van der Waals surface area contributed by atoms with E-state index in [0.717, 1.165) is 19.3 Å². The van der Waals surface area contributed by atoms with Crippen LogP contribution in [0.3, 0.4) is 0 Å². The molecular weight excluding hydrogens is 392 g/mol. The minimum absolute atomic E-state index is 0.102. The summed E-state index contributed by atoms with van der Waals surface area (Å²) in [6.45, 7) is 13.7. The summed E-state index contributed by atoms with van der Waals surface area (Å²) in [5, 5.41) is 0. The van der Waals surface area contributed by atoms with Gasteiger partial charge in [0.2, 0.25) is 0 Å². The molecule has 0 saturated heterocycles. The second-order valence-electron chi connectivity index (χ2n) is 11.6. The molecule has 0 N–H and O–H groups in total. The Hall–Kier alpha value is -1.31. The van der Waals surface area contributed by atoms with E-state index < -0.39 is 0 Å². The van der Waals surface area contributed by atoms with Crippen LogP contribution in [0.1, 0.15) is 143 Å². The summed E-state index contributed by atoms with van der Waals surface area (Å²) >= 11 is 0. The highest BCUT2D eigenvalue weighted by molar-refractivity contribution is 5.72. The van der Waals surface area contributed by atoms with E-state index in [1.54, 1.807) is 0 Å². The van der Waals surface area contributed by atoms with Crippen molar-refractivity contribution in [3.05, 3.63) is 29.8 Å². The van der Waals surface area contributed by atoms with Gasteiger partial charge in [0, 0.05) is 6.42 Å². The molecule has 0 aliphatic carbocycles. The van der Waals surface area contributed by atoms with Gasteiger partial charge in [0.25, 0.3) is 0 Å². The molecule has 0 heterocycles. The van der Waals surface area contributed by atoms with Gasteiger partial charge in [-0.05, 0) is 41.4 Å². The largest absolute Gasteiger partial charge is 0.427 e. The van der Waals surface area contributed by atoms with Crippen molar-refractivity contribution >= 4 is 5.97 Å². The minimum atomic E-state index is -0.102. The number of ether oxygens (including phenoxy) is 1. The highest BCUT2D eigenvalue weighted by Crippen LogP contribution is 2.36. The lowest BCUT2D eigenvalue weighted by atomic mass is 9.72. The zero-order chi connectivity index (χ0) is 23.9. The Kier molecular flexibility index (Phi) is 13.9. The predicted octanol–water partition coefficient (Wildman–Crippen LogP) is 9.79. The maximum Gasteiger partial charge on any atom is 0.311 e. The number of benzene rings is 1. The van der Waals surface area contributed by atoms with Gasteiger partial charge in [-0.25, -0.2) is 0 Å². The first-order valence-corrected chi connectivity index (χ1v) is 13.5.